The number of aliphatic carboxylic acids is 1. The Labute approximate surface area is 212 Å². The Morgan fingerprint density at radius 3 is 2.57 bits per heavy atom. The highest BCUT2D eigenvalue weighted by atomic mass is 16.4. The molecule has 1 atom stereocenters. The standard InChI is InChI=1S/C28H24N4O5/c1-3-13-32(16-18-7-12-24-23(14-18)27(35)30-17(2)29-24)21-10-8-19(9-11-21)26(34)31-25(28(36)37)20-5-4-6-22(33)15-20/h1,4-12,14-15,25,33H,13,16H2,2H3,(H,31,34)(H,36,37)(H,29,30,35)/t25-/m0/s1. The second-order valence-corrected chi connectivity index (χ2v) is 8.45. The number of terminal acetylenes is 1. The van der Waals surface area contributed by atoms with Gasteiger partial charge in [0.1, 0.15) is 11.6 Å². The fourth-order valence-corrected chi connectivity index (χ4v) is 4.00. The summed E-state index contributed by atoms with van der Waals surface area (Å²) in [5.41, 5.74) is 2.50. The van der Waals surface area contributed by atoms with Gasteiger partial charge in [0.05, 0.1) is 17.4 Å². The van der Waals surface area contributed by atoms with Crippen LogP contribution < -0.4 is 15.8 Å². The van der Waals surface area contributed by atoms with E-state index in [4.69, 9.17) is 6.42 Å². The molecule has 1 amide bonds. The molecule has 0 unspecified atom stereocenters. The molecule has 0 fully saturated rings. The van der Waals surface area contributed by atoms with Crippen LogP contribution in [-0.2, 0) is 11.3 Å². The van der Waals surface area contributed by atoms with Crippen molar-refractivity contribution in [2.75, 3.05) is 11.4 Å². The summed E-state index contributed by atoms with van der Waals surface area (Å²) in [6, 6.07) is 16.4. The summed E-state index contributed by atoms with van der Waals surface area (Å²) in [6.07, 6.45) is 5.58. The number of hydrogen-bond donors (Lipinski definition) is 4. The average Bonchev–Trinajstić information content (AvgIpc) is 2.87. The Morgan fingerprint density at radius 1 is 1.14 bits per heavy atom. The van der Waals surface area contributed by atoms with Crippen molar-refractivity contribution in [3.63, 3.8) is 0 Å². The summed E-state index contributed by atoms with van der Waals surface area (Å²) in [5.74, 6) is 1.23. The largest absolute Gasteiger partial charge is 0.508 e. The molecule has 37 heavy (non-hydrogen) atoms. The first-order valence-electron chi connectivity index (χ1n) is 11.4. The fourth-order valence-electron chi connectivity index (χ4n) is 4.00. The number of aromatic amines is 1. The van der Waals surface area contributed by atoms with Gasteiger partial charge in [0, 0.05) is 17.8 Å². The number of benzene rings is 3. The number of anilines is 1. The number of fused-ring (bicyclic) bond motifs is 1. The maximum Gasteiger partial charge on any atom is 0.330 e. The summed E-state index contributed by atoms with van der Waals surface area (Å²) < 4.78 is 0. The number of carbonyl (C=O) groups is 2. The molecule has 0 radical (unpaired) electrons. The normalized spacial score (nSPS) is 11.5. The minimum atomic E-state index is -1.33. The second kappa shape index (κ2) is 10.7. The zero-order valence-electron chi connectivity index (χ0n) is 19.9. The number of aromatic hydroxyl groups is 1. The monoisotopic (exact) mass is 496 g/mol. The summed E-state index contributed by atoms with van der Waals surface area (Å²) >= 11 is 0. The third-order valence-electron chi connectivity index (χ3n) is 5.76. The van der Waals surface area contributed by atoms with Crippen LogP contribution in [0.3, 0.4) is 0 Å². The number of hydrogen-bond acceptors (Lipinski definition) is 6. The van der Waals surface area contributed by atoms with Gasteiger partial charge >= 0.3 is 5.97 Å². The Bertz CT molecular complexity index is 1570. The maximum absolute atomic E-state index is 12.8. The van der Waals surface area contributed by atoms with E-state index in [1.807, 2.05) is 11.0 Å². The lowest BCUT2D eigenvalue weighted by atomic mass is 10.1. The zero-order chi connectivity index (χ0) is 26.5. The number of phenols is 1. The minimum absolute atomic E-state index is 0.0987. The van der Waals surface area contributed by atoms with Crippen LogP contribution in [0.1, 0.15) is 33.4 Å². The molecule has 9 heteroatoms. The van der Waals surface area contributed by atoms with E-state index in [1.165, 1.54) is 24.3 Å². The van der Waals surface area contributed by atoms with Gasteiger partial charge in [-0.1, -0.05) is 24.1 Å². The second-order valence-electron chi connectivity index (χ2n) is 8.45. The van der Waals surface area contributed by atoms with Crippen molar-refractivity contribution in [2.45, 2.75) is 19.5 Å². The van der Waals surface area contributed by atoms with Crippen LogP contribution >= 0.6 is 0 Å². The molecule has 1 aromatic heterocycles. The fraction of sp³-hybridized carbons (Fsp3) is 0.143. The highest BCUT2D eigenvalue weighted by Gasteiger charge is 2.23. The maximum atomic E-state index is 12.8. The molecular weight excluding hydrogens is 472 g/mol. The first kappa shape index (κ1) is 25.0. The Kier molecular flexibility index (Phi) is 7.21. The number of nitrogens with one attached hydrogen (secondary N) is 2. The molecule has 9 nitrogen and oxygen atoms in total. The molecule has 4 rings (SSSR count). The van der Waals surface area contributed by atoms with Crippen LogP contribution in [0.25, 0.3) is 10.9 Å². The molecule has 3 aromatic carbocycles. The van der Waals surface area contributed by atoms with E-state index in [1.54, 1.807) is 43.3 Å². The van der Waals surface area contributed by atoms with Crippen molar-refractivity contribution in [1.29, 1.82) is 0 Å². The highest BCUT2D eigenvalue weighted by Crippen LogP contribution is 2.22. The van der Waals surface area contributed by atoms with Crippen LogP contribution in [-0.4, -0.2) is 38.6 Å². The summed E-state index contributed by atoms with van der Waals surface area (Å²) in [4.78, 5) is 45.8. The summed E-state index contributed by atoms with van der Waals surface area (Å²) in [6.45, 7) is 2.42. The molecule has 0 aliphatic carbocycles. The smallest absolute Gasteiger partial charge is 0.330 e. The Hall–Kier alpha value is -5.10. The van der Waals surface area contributed by atoms with Gasteiger partial charge < -0.3 is 25.4 Å². The van der Waals surface area contributed by atoms with Crippen molar-refractivity contribution in [3.8, 4) is 18.1 Å². The van der Waals surface area contributed by atoms with Crippen molar-refractivity contribution in [3.05, 3.63) is 99.6 Å². The molecule has 4 aromatic rings. The van der Waals surface area contributed by atoms with E-state index in [2.05, 4.69) is 21.2 Å². The molecule has 186 valence electrons. The number of amides is 1. The average molecular weight is 497 g/mol. The Balaban J connectivity index is 1.53. The van der Waals surface area contributed by atoms with Crippen molar-refractivity contribution in [2.24, 2.45) is 0 Å². The van der Waals surface area contributed by atoms with Crippen LogP contribution in [0.2, 0.25) is 0 Å². The number of aromatic nitrogens is 2. The quantitative estimate of drug-likeness (QED) is 0.275. The predicted molar refractivity (Wildman–Crippen MR) is 139 cm³/mol. The van der Waals surface area contributed by atoms with Crippen LogP contribution in [0.4, 0.5) is 5.69 Å². The predicted octanol–water partition coefficient (Wildman–Crippen LogP) is 3.13. The van der Waals surface area contributed by atoms with Crippen molar-refractivity contribution < 1.29 is 19.8 Å². The van der Waals surface area contributed by atoms with E-state index in [9.17, 15) is 24.6 Å². The van der Waals surface area contributed by atoms with Gasteiger partial charge in [-0.05, 0) is 66.6 Å². The van der Waals surface area contributed by atoms with E-state index in [0.717, 1.165) is 11.3 Å². The Morgan fingerprint density at radius 2 is 1.89 bits per heavy atom. The van der Waals surface area contributed by atoms with E-state index in [-0.39, 0.29) is 29.0 Å². The third-order valence-corrected chi connectivity index (χ3v) is 5.76. The summed E-state index contributed by atoms with van der Waals surface area (Å²) in [5, 5.41) is 22.2. The zero-order valence-corrected chi connectivity index (χ0v) is 19.9. The minimum Gasteiger partial charge on any atom is -0.508 e. The summed E-state index contributed by atoms with van der Waals surface area (Å²) in [7, 11) is 0. The number of H-pyrrole nitrogens is 1. The van der Waals surface area contributed by atoms with Gasteiger partial charge in [-0.15, -0.1) is 6.42 Å². The van der Waals surface area contributed by atoms with Gasteiger partial charge in [0.2, 0.25) is 0 Å². The molecule has 1 heterocycles. The van der Waals surface area contributed by atoms with Crippen molar-refractivity contribution in [1.82, 2.24) is 15.3 Å². The topological polar surface area (TPSA) is 136 Å². The molecular formula is C28H24N4O5. The van der Waals surface area contributed by atoms with E-state index < -0.39 is 17.9 Å². The molecule has 4 N–H and O–H groups in total. The number of nitrogens with zero attached hydrogens (tertiary/aromatic N) is 2. The molecule has 0 saturated heterocycles. The lowest BCUT2D eigenvalue weighted by molar-refractivity contribution is -0.139. The van der Waals surface area contributed by atoms with Crippen LogP contribution in [0, 0.1) is 19.3 Å². The van der Waals surface area contributed by atoms with Gasteiger partial charge in [0.15, 0.2) is 6.04 Å². The van der Waals surface area contributed by atoms with E-state index >= 15 is 0 Å². The van der Waals surface area contributed by atoms with Crippen molar-refractivity contribution >= 4 is 28.5 Å². The number of carboxylic acids is 1. The molecule has 0 spiro atoms. The molecule has 0 bridgehead atoms. The SMILES string of the molecule is C#CCN(Cc1ccc2nc(C)[nH]c(=O)c2c1)c1ccc(C(=O)N[C@H](C(=O)O)c2cccc(O)c2)cc1. The van der Waals surface area contributed by atoms with E-state index in [0.29, 0.717) is 23.3 Å². The third kappa shape index (κ3) is 5.77. The molecule has 0 aliphatic heterocycles. The molecule has 0 aliphatic rings. The lowest BCUT2D eigenvalue weighted by Gasteiger charge is -2.23. The lowest BCUT2D eigenvalue weighted by Crippen LogP contribution is -2.33. The van der Waals surface area contributed by atoms with Gasteiger partial charge in [-0.3, -0.25) is 9.59 Å². The number of carbonyl (C=O) groups excluding carboxylic acids is 1. The first-order valence-corrected chi connectivity index (χ1v) is 11.4. The number of aryl methyl sites for hydroxylation is 1. The first-order chi connectivity index (χ1) is 17.7. The number of rotatable bonds is 8. The number of carboxylic acid groups (broad SMARTS) is 1. The molecule has 0 saturated carbocycles. The van der Waals surface area contributed by atoms with Gasteiger partial charge in [0.25, 0.3) is 11.5 Å². The van der Waals surface area contributed by atoms with Gasteiger partial charge in [-0.2, -0.15) is 0 Å². The van der Waals surface area contributed by atoms with Crippen LogP contribution in [0.5, 0.6) is 5.75 Å². The number of phenolic OH excluding ortho intramolecular Hbond substituents is 1. The van der Waals surface area contributed by atoms with Crippen LogP contribution in [0.15, 0.2) is 71.5 Å². The highest BCUT2D eigenvalue weighted by molar-refractivity contribution is 5.97. The van der Waals surface area contributed by atoms with Gasteiger partial charge in [-0.25, -0.2) is 9.78 Å².